The molecule has 4 fully saturated rings. The van der Waals surface area contributed by atoms with Crippen LogP contribution < -0.4 is 15.6 Å². The Bertz CT molecular complexity index is 1250. The highest BCUT2D eigenvalue weighted by atomic mass is 127. The number of benzene rings is 1. The molecule has 2 aliphatic heterocycles. The monoisotopic (exact) mass is 608 g/mol. The molecule has 2 atom stereocenters. The average molecular weight is 608 g/mol. The lowest BCUT2D eigenvalue weighted by molar-refractivity contribution is 0.0611. The first-order valence-corrected chi connectivity index (χ1v) is 13.3. The maximum atomic E-state index is 13.6. The fourth-order valence-electron chi connectivity index (χ4n) is 5.67. The van der Waals surface area contributed by atoms with Crippen LogP contribution in [0.2, 0.25) is 0 Å². The predicted octanol–water partition coefficient (Wildman–Crippen LogP) is 3.63. The van der Waals surface area contributed by atoms with Crippen molar-refractivity contribution in [2.45, 2.75) is 38.5 Å². The Hall–Kier alpha value is -2.41. The molecule has 36 heavy (non-hydrogen) atoms. The minimum Gasteiger partial charge on any atom is -0.371 e. The first-order chi connectivity index (χ1) is 17.1. The maximum Gasteiger partial charge on any atom is 0.293 e. The van der Waals surface area contributed by atoms with Crippen LogP contribution in [0.15, 0.2) is 24.3 Å². The number of fused-ring (bicyclic) bond motifs is 1. The molecule has 2 unspecified atom stereocenters. The summed E-state index contributed by atoms with van der Waals surface area (Å²) in [5.74, 6) is 0.885. The van der Waals surface area contributed by atoms with E-state index in [1.165, 1.54) is 18.9 Å². The zero-order valence-electron chi connectivity index (χ0n) is 19.9. The Morgan fingerprint density at radius 2 is 1.69 bits per heavy atom. The van der Waals surface area contributed by atoms with Gasteiger partial charge in [0.2, 0.25) is 5.95 Å². The van der Waals surface area contributed by atoms with Gasteiger partial charge in [0.15, 0.2) is 0 Å². The van der Waals surface area contributed by atoms with Crippen LogP contribution in [0, 0.1) is 27.7 Å². The molecule has 1 aromatic heterocycles. The number of aryl methyl sites for hydroxylation is 1. The topological polar surface area (TPSA) is 95.7 Å². The number of alkyl halides is 2. The number of anilines is 2. The van der Waals surface area contributed by atoms with Crippen molar-refractivity contribution < 1.29 is 18.4 Å². The normalized spacial score (nSPS) is 25.0. The highest BCUT2D eigenvalue weighted by molar-refractivity contribution is 14.1. The Kier molecular flexibility index (Phi) is 5.52. The molecule has 2 aromatic rings. The minimum atomic E-state index is -2.63. The molecule has 11 heteroatoms. The molecule has 8 nitrogen and oxygen atoms in total. The lowest BCUT2D eigenvalue weighted by Gasteiger charge is -2.35. The molecule has 2 amide bonds. The Morgan fingerprint density at radius 1 is 1.03 bits per heavy atom. The summed E-state index contributed by atoms with van der Waals surface area (Å²) in [6.45, 7) is 3.71. The number of halogens is 3. The van der Waals surface area contributed by atoms with Crippen molar-refractivity contribution in [2.75, 3.05) is 36.0 Å². The van der Waals surface area contributed by atoms with Gasteiger partial charge in [0, 0.05) is 35.4 Å². The van der Waals surface area contributed by atoms with Crippen molar-refractivity contribution in [2.24, 2.45) is 23.1 Å². The van der Waals surface area contributed by atoms with E-state index in [-0.39, 0.29) is 24.7 Å². The Balaban J connectivity index is 1.22. The average Bonchev–Trinajstić information content (AvgIpc) is 3.62. The van der Waals surface area contributed by atoms with Gasteiger partial charge in [0.05, 0.1) is 23.1 Å². The fraction of sp³-hybridized carbons (Fsp3) is 0.520. The van der Waals surface area contributed by atoms with Gasteiger partial charge in [0.1, 0.15) is 5.69 Å². The molecule has 0 radical (unpaired) electrons. The number of imide groups is 1. The van der Waals surface area contributed by atoms with Gasteiger partial charge in [-0.3, -0.25) is 9.59 Å². The largest absolute Gasteiger partial charge is 0.371 e. The van der Waals surface area contributed by atoms with Crippen LogP contribution in [0.25, 0.3) is 0 Å². The second kappa shape index (κ2) is 8.30. The molecule has 3 heterocycles. The minimum absolute atomic E-state index is 0.0404. The van der Waals surface area contributed by atoms with Gasteiger partial charge in [0.25, 0.3) is 17.7 Å². The van der Waals surface area contributed by atoms with Crippen LogP contribution in [0.4, 0.5) is 20.4 Å². The second-order valence-corrected chi connectivity index (χ2v) is 11.9. The van der Waals surface area contributed by atoms with Crippen molar-refractivity contribution in [3.8, 4) is 0 Å². The molecule has 2 aliphatic carbocycles. The van der Waals surface area contributed by atoms with Gasteiger partial charge in [-0.15, -0.1) is 0 Å². The number of amides is 2. The number of nitrogens with two attached hydrogens (primary N) is 1. The number of carbonyl (C=O) groups excluding carboxylic acids is 2. The van der Waals surface area contributed by atoms with Crippen LogP contribution in [-0.2, 0) is 0 Å². The molecule has 6 rings (SSSR count). The van der Waals surface area contributed by atoms with Crippen LogP contribution in [0.3, 0.4) is 0 Å². The van der Waals surface area contributed by atoms with Crippen molar-refractivity contribution in [1.82, 2.24) is 15.0 Å². The molecule has 1 aromatic carbocycles. The standard InChI is InChI=1S/C25H27F2IN6O2/c1-14-10-19(31-23(30-14)33-12-17-18(13-33)25(17,26)27)22(36)34(29)21(35)16-3-2-15(28)11-20(16)32-8-6-24(4-5-24)7-9-32/h2-3,10-11,17-18H,4-9,12-13,29H2,1H3. The van der Waals surface area contributed by atoms with Crippen molar-refractivity contribution in [3.05, 3.63) is 44.8 Å². The number of hydrogen-bond donors (Lipinski definition) is 1. The third-order valence-corrected chi connectivity index (χ3v) is 8.96. The predicted molar refractivity (Wildman–Crippen MR) is 138 cm³/mol. The third-order valence-electron chi connectivity index (χ3n) is 8.29. The third kappa shape index (κ3) is 4.04. The summed E-state index contributed by atoms with van der Waals surface area (Å²) in [6.07, 6.45) is 4.77. The summed E-state index contributed by atoms with van der Waals surface area (Å²) in [5.41, 5.74) is 2.09. The molecule has 0 bridgehead atoms. The number of aromatic nitrogens is 2. The molecule has 2 N–H and O–H groups in total. The first kappa shape index (κ1) is 24.0. The summed E-state index contributed by atoms with van der Waals surface area (Å²) in [6, 6.07) is 6.95. The second-order valence-electron chi connectivity index (χ2n) is 10.6. The number of nitrogens with zero attached hydrogens (tertiary/aromatic N) is 5. The van der Waals surface area contributed by atoms with E-state index < -0.39 is 29.6 Å². The maximum absolute atomic E-state index is 13.6. The fourth-order valence-corrected chi connectivity index (χ4v) is 6.14. The van der Waals surface area contributed by atoms with E-state index in [1.54, 1.807) is 17.9 Å². The van der Waals surface area contributed by atoms with Crippen LogP contribution in [0.5, 0.6) is 0 Å². The van der Waals surface area contributed by atoms with E-state index >= 15 is 0 Å². The van der Waals surface area contributed by atoms with Gasteiger partial charge in [-0.05, 0) is 84.9 Å². The van der Waals surface area contributed by atoms with Crippen molar-refractivity contribution in [3.63, 3.8) is 0 Å². The Morgan fingerprint density at radius 3 is 2.33 bits per heavy atom. The molecule has 1 spiro atoms. The van der Waals surface area contributed by atoms with Crippen LogP contribution in [0.1, 0.15) is 52.2 Å². The number of piperidine rings is 2. The van der Waals surface area contributed by atoms with Gasteiger partial charge < -0.3 is 9.80 Å². The summed E-state index contributed by atoms with van der Waals surface area (Å²) in [7, 11) is 0. The SMILES string of the molecule is Cc1cc(C(=O)N(N)C(=O)c2ccc(I)cc2N2CCC3(CC2)CC3)nc(N2CC3C(C2)C3(F)F)n1. The quantitative estimate of drug-likeness (QED) is 0.186. The van der Waals surface area contributed by atoms with Gasteiger partial charge >= 0.3 is 0 Å². The van der Waals surface area contributed by atoms with Gasteiger partial charge in [-0.25, -0.2) is 29.6 Å². The number of carbonyl (C=O) groups is 2. The summed E-state index contributed by atoms with van der Waals surface area (Å²) in [5, 5.41) is 0.596. The van der Waals surface area contributed by atoms with Crippen LogP contribution >= 0.6 is 22.6 Å². The number of hydrogen-bond acceptors (Lipinski definition) is 7. The van der Waals surface area contributed by atoms with Gasteiger partial charge in [-0.1, -0.05) is 0 Å². The lowest BCUT2D eigenvalue weighted by Crippen LogP contribution is -2.44. The van der Waals surface area contributed by atoms with Crippen LogP contribution in [-0.4, -0.2) is 58.9 Å². The molecule has 190 valence electrons. The number of hydrazine groups is 1. The molecule has 4 aliphatic rings. The van der Waals surface area contributed by atoms with E-state index in [0.29, 0.717) is 21.7 Å². The zero-order valence-corrected chi connectivity index (χ0v) is 22.0. The highest BCUT2D eigenvalue weighted by Crippen LogP contribution is 2.59. The summed E-state index contributed by atoms with van der Waals surface area (Å²) in [4.78, 5) is 39.2. The highest BCUT2D eigenvalue weighted by Gasteiger charge is 2.72. The van der Waals surface area contributed by atoms with E-state index in [4.69, 9.17) is 5.84 Å². The smallest absolute Gasteiger partial charge is 0.293 e. The molecule has 2 saturated carbocycles. The molecule has 2 saturated heterocycles. The van der Waals surface area contributed by atoms with Crippen molar-refractivity contribution >= 4 is 46.0 Å². The summed E-state index contributed by atoms with van der Waals surface area (Å²) >= 11 is 2.21. The van der Waals surface area contributed by atoms with E-state index in [2.05, 4.69) is 37.5 Å². The zero-order chi connectivity index (χ0) is 25.4. The lowest BCUT2D eigenvalue weighted by atomic mass is 9.93. The molecular weight excluding hydrogens is 581 g/mol. The van der Waals surface area contributed by atoms with Crippen molar-refractivity contribution in [1.29, 1.82) is 0 Å². The Labute approximate surface area is 221 Å². The van der Waals surface area contributed by atoms with E-state index in [1.807, 2.05) is 12.1 Å². The molecular formula is C25H27F2IN6O2. The number of rotatable bonds is 4. The first-order valence-electron chi connectivity index (χ1n) is 12.2. The van der Waals surface area contributed by atoms with E-state index in [9.17, 15) is 18.4 Å². The van der Waals surface area contributed by atoms with E-state index in [0.717, 1.165) is 35.2 Å². The van der Waals surface area contributed by atoms with Gasteiger partial charge in [-0.2, -0.15) is 0 Å². The summed E-state index contributed by atoms with van der Waals surface area (Å²) < 4.78 is 28.2.